The van der Waals surface area contributed by atoms with Gasteiger partial charge in [-0.25, -0.2) is 13.6 Å². The summed E-state index contributed by atoms with van der Waals surface area (Å²) in [6.07, 6.45) is 6.45. The second-order valence-corrected chi connectivity index (χ2v) is 8.29. The fourth-order valence-electron chi connectivity index (χ4n) is 3.50. The zero-order valence-electron chi connectivity index (χ0n) is 12.9. The van der Waals surface area contributed by atoms with Gasteiger partial charge < -0.3 is 5.32 Å². The molecular weight excluding hydrogens is 284 g/mol. The van der Waals surface area contributed by atoms with Gasteiger partial charge in [-0.15, -0.1) is 0 Å². The molecule has 118 valence electrons. The van der Waals surface area contributed by atoms with E-state index in [1.54, 1.807) is 24.3 Å². The van der Waals surface area contributed by atoms with Gasteiger partial charge in [0.25, 0.3) is 0 Å². The van der Waals surface area contributed by atoms with E-state index in [1.807, 2.05) is 0 Å². The number of nitrogens with two attached hydrogens (primary N) is 1. The van der Waals surface area contributed by atoms with E-state index in [2.05, 4.69) is 19.2 Å². The van der Waals surface area contributed by atoms with Crippen LogP contribution in [0.1, 0.15) is 46.0 Å². The van der Waals surface area contributed by atoms with Crippen molar-refractivity contribution in [3.8, 4) is 0 Å². The lowest BCUT2D eigenvalue weighted by Gasteiger charge is -2.31. The fraction of sp³-hybridized carbons (Fsp3) is 0.625. The van der Waals surface area contributed by atoms with Gasteiger partial charge in [-0.05, 0) is 54.9 Å². The molecule has 1 aromatic rings. The molecule has 21 heavy (non-hydrogen) atoms. The van der Waals surface area contributed by atoms with Gasteiger partial charge in [-0.1, -0.05) is 26.7 Å². The van der Waals surface area contributed by atoms with Crippen LogP contribution in [-0.2, 0) is 10.0 Å². The van der Waals surface area contributed by atoms with Crippen molar-refractivity contribution in [3.63, 3.8) is 0 Å². The van der Waals surface area contributed by atoms with E-state index in [4.69, 9.17) is 5.14 Å². The number of hydrogen-bond acceptors (Lipinski definition) is 3. The SMILES string of the molecule is CC(C)CC1(CNc2ccc(S(N)(=O)=O)cc2)CCCC1. The van der Waals surface area contributed by atoms with E-state index in [0.29, 0.717) is 11.3 Å². The van der Waals surface area contributed by atoms with Crippen LogP contribution in [-0.4, -0.2) is 15.0 Å². The molecule has 0 unspecified atom stereocenters. The summed E-state index contributed by atoms with van der Waals surface area (Å²) in [5.74, 6) is 0.703. The molecular formula is C16H26N2O2S. The molecule has 4 nitrogen and oxygen atoms in total. The van der Waals surface area contributed by atoms with Crippen LogP contribution < -0.4 is 10.5 Å². The van der Waals surface area contributed by atoms with E-state index in [0.717, 1.165) is 12.2 Å². The third kappa shape index (κ3) is 4.45. The van der Waals surface area contributed by atoms with Gasteiger partial charge >= 0.3 is 0 Å². The Labute approximate surface area is 128 Å². The molecule has 1 fully saturated rings. The number of primary sulfonamides is 1. The molecule has 0 bridgehead atoms. The van der Waals surface area contributed by atoms with Crippen molar-refractivity contribution in [2.24, 2.45) is 16.5 Å². The van der Waals surface area contributed by atoms with Gasteiger partial charge in [0.05, 0.1) is 4.90 Å². The summed E-state index contributed by atoms with van der Waals surface area (Å²) >= 11 is 0. The number of rotatable bonds is 6. The maximum Gasteiger partial charge on any atom is 0.238 e. The first kappa shape index (κ1) is 16.3. The van der Waals surface area contributed by atoms with Gasteiger partial charge in [-0.2, -0.15) is 0 Å². The third-order valence-electron chi connectivity index (χ3n) is 4.36. The fourth-order valence-corrected chi connectivity index (χ4v) is 4.01. The summed E-state index contributed by atoms with van der Waals surface area (Å²) < 4.78 is 22.5. The molecule has 0 amide bonds. The van der Waals surface area contributed by atoms with E-state index in [9.17, 15) is 8.42 Å². The summed E-state index contributed by atoms with van der Waals surface area (Å²) in [7, 11) is -3.61. The number of anilines is 1. The van der Waals surface area contributed by atoms with Gasteiger partial charge in [0.2, 0.25) is 10.0 Å². The largest absolute Gasteiger partial charge is 0.384 e. The van der Waals surface area contributed by atoms with Crippen LogP contribution in [0.3, 0.4) is 0 Å². The Kier molecular flexibility index (Phi) is 4.94. The third-order valence-corrected chi connectivity index (χ3v) is 5.29. The van der Waals surface area contributed by atoms with Crippen LogP contribution >= 0.6 is 0 Å². The molecule has 1 saturated carbocycles. The Balaban J connectivity index is 2.01. The number of hydrogen-bond donors (Lipinski definition) is 2. The highest BCUT2D eigenvalue weighted by Crippen LogP contribution is 2.43. The highest BCUT2D eigenvalue weighted by atomic mass is 32.2. The average molecular weight is 310 g/mol. The van der Waals surface area contributed by atoms with Crippen molar-refractivity contribution in [1.29, 1.82) is 0 Å². The maximum atomic E-state index is 11.2. The Morgan fingerprint density at radius 1 is 1.19 bits per heavy atom. The monoisotopic (exact) mass is 310 g/mol. The van der Waals surface area contributed by atoms with Gasteiger partial charge in [-0.3, -0.25) is 0 Å². The van der Waals surface area contributed by atoms with E-state index in [-0.39, 0.29) is 4.90 Å². The minimum atomic E-state index is -3.61. The van der Waals surface area contributed by atoms with Crippen molar-refractivity contribution in [3.05, 3.63) is 24.3 Å². The van der Waals surface area contributed by atoms with Crippen molar-refractivity contribution in [2.45, 2.75) is 50.8 Å². The van der Waals surface area contributed by atoms with E-state index < -0.39 is 10.0 Å². The Morgan fingerprint density at radius 3 is 2.24 bits per heavy atom. The summed E-state index contributed by atoms with van der Waals surface area (Å²) in [6.45, 7) is 5.52. The molecule has 3 N–H and O–H groups in total. The first-order valence-corrected chi connectivity index (χ1v) is 9.22. The molecule has 0 saturated heterocycles. The highest BCUT2D eigenvalue weighted by molar-refractivity contribution is 7.89. The van der Waals surface area contributed by atoms with E-state index >= 15 is 0 Å². The van der Waals surface area contributed by atoms with Crippen LogP contribution in [0, 0.1) is 11.3 Å². The van der Waals surface area contributed by atoms with Gasteiger partial charge in [0, 0.05) is 12.2 Å². The molecule has 0 atom stereocenters. The van der Waals surface area contributed by atoms with Crippen LogP contribution in [0.4, 0.5) is 5.69 Å². The van der Waals surface area contributed by atoms with E-state index in [1.165, 1.54) is 32.1 Å². The number of sulfonamides is 1. The second-order valence-electron chi connectivity index (χ2n) is 6.73. The quantitative estimate of drug-likeness (QED) is 0.846. The smallest absolute Gasteiger partial charge is 0.238 e. The Hall–Kier alpha value is -1.07. The average Bonchev–Trinajstić information content (AvgIpc) is 2.84. The minimum Gasteiger partial charge on any atom is -0.384 e. The molecule has 1 aliphatic carbocycles. The molecule has 1 aromatic carbocycles. The predicted octanol–water partition coefficient (Wildman–Crippen LogP) is 3.35. The molecule has 2 rings (SSSR count). The first-order valence-electron chi connectivity index (χ1n) is 7.68. The molecule has 0 aliphatic heterocycles. The number of nitrogens with one attached hydrogen (secondary N) is 1. The lowest BCUT2D eigenvalue weighted by atomic mass is 9.78. The normalized spacial score (nSPS) is 18.1. The summed E-state index contributed by atoms with van der Waals surface area (Å²) in [5, 5.41) is 8.58. The Morgan fingerprint density at radius 2 is 1.76 bits per heavy atom. The maximum absolute atomic E-state index is 11.2. The lowest BCUT2D eigenvalue weighted by Crippen LogP contribution is -2.28. The molecule has 1 aliphatic rings. The highest BCUT2D eigenvalue weighted by Gasteiger charge is 2.34. The zero-order chi connectivity index (χ0) is 15.5. The molecule has 0 spiro atoms. The van der Waals surface area contributed by atoms with Crippen LogP contribution in [0.25, 0.3) is 0 Å². The number of benzene rings is 1. The summed E-state index contributed by atoms with van der Waals surface area (Å²) in [6, 6.07) is 6.69. The Bertz CT molecular complexity index is 558. The molecule has 0 aromatic heterocycles. The van der Waals surface area contributed by atoms with Crippen molar-refractivity contribution in [1.82, 2.24) is 0 Å². The predicted molar refractivity (Wildman–Crippen MR) is 86.7 cm³/mol. The minimum absolute atomic E-state index is 0.158. The van der Waals surface area contributed by atoms with Gasteiger partial charge in [0.15, 0.2) is 0 Å². The lowest BCUT2D eigenvalue weighted by molar-refractivity contribution is 0.252. The molecule has 0 radical (unpaired) electrons. The molecule has 5 heteroatoms. The standard InChI is InChI=1S/C16H26N2O2S/c1-13(2)11-16(9-3-4-10-16)12-18-14-5-7-15(8-6-14)21(17,19)20/h5-8,13,18H,3-4,9-12H2,1-2H3,(H2,17,19,20). The van der Waals surface area contributed by atoms with Crippen molar-refractivity contribution < 1.29 is 8.42 Å². The van der Waals surface area contributed by atoms with Crippen molar-refractivity contribution >= 4 is 15.7 Å². The molecule has 0 heterocycles. The van der Waals surface area contributed by atoms with Crippen LogP contribution in [0.2, 0.25) is 0 Å². The second kappa shape index (κ2) is 6.36. The van der Waals surface area contributed by atoms with Crippen molar-refractivity contribution in [2.75, 3.05) is 11.9 Å². The van der Waals surface area contributed by atoms with Gasteiger partial charge in [0.1, 0.15) is 0 Å². The summed E-state index contributed by atoms with van der Waals surface area (Å²) in [4.78, 5) is 0.158. The van der Waals surface area contributed by atoms with Crippen LogP contribution in [0.5, 0.6) is 0 Å². The summed E-state index contributed by atoms with van der Waals surface area (Å²) in [5.41, 5.74) is 1.35. The topological polar surface area (TPSA) is 72.2 Å². The van der Waals surface area contributed by atoms with Crippen LogP contribution in [0.15, 0.2) is 29.2 Å². The first-order chi connectivity index (χ1) is 9.81. The zero-order valence-corrected chi connectivity index (χ0v) is 13.7.